The normalized spacial score (nSPS) is 11.5. The van der Waals surface area contributed by atoms with Crippen LogP contribution in [0.15, 0.2) is 206 Å². The summed E-state index contributed by atoms with van der Waals surface area (Å²) in [7, 11) is 0. The fourth-order valence-corrected chi connectivity index (χ4v) is 9.75. The lowest BCUT2D eigenvalue weighted by atomic mass is 9.86. The van der Waals surface area contributed by atoms with Gasteiger partial charge in [0.15, 0.2) is 0 Å². The molecule has 0 fully saturated rings. The van der Waals surface area contributed by atoms with Gasteiger partial charge in [-0.25, -0.2) is 0 Å². The van der Waals surface area contributed by atoms with E-state index in [4.69, 9.17) is 0 Å². The Balaban J connectivity index is 1.20. The molecule has 4 heteroatoms. The molecule has 0 bridgehead atoms. The van der Waals surface area contributed by atoms with Crippen LogP contribution in [-0.4, -0.2) is 9.13 Å². The predicted molar refractivity (Wildman–Crippen MR) is 256 cm³/mol. The van der Waals surface area contributed by atoms with Crippen molar-refractivity contribution < 1.29 is 0 Å². The molecule has 0 amide bonds. The lowest BCUT2D eigenvalue weighted by Crippen LogP contribution is -2.02. The van der Waals surface area contributed by atoms with Crippen LogP contribution >= 0.6 is 0 Å². The molecule has 12 rings (SSSR count). The summed E-state index contributed by atoms with van der Waals surface area (Å²) in [5, 5.41) is 30.2. The summed E-state index contributed by atoms with van der Waals surface area (Å²) in [6.45, 7) is 0. The number of fused-ring (bicyclic) bond motifs is 8. The molecule has 0 aliphatic rings. The van der Waals surface area contributed by atoms with Crippen molar-refractivity contribution in [1.29, 1.82) is 10.5 Å². The number of benzene rings is 10. The van der Waals surface area contributed by atoms with Crippen LogP contribution in [0.25, 0.3) is 110 Å². The summed E-state index contributed by atoms with van der Waals surface area (Å²) < 4.78 is 4.77. The Hall–Kier alpha value is -8.70. The molecule has 0 N–H and O–H groups in total. The van der Waals surface area contributed by atoms with Gasteiger partial charge in [0.25, 0.3) is 0 Å². The third kappa shape index (κ3) is 5.38. The van der Waals surface area contributed by atoms with E-state index in [0.717, 1.165) is 88.4 Å². The third-order valence-electron chi connectivity index (χ3n) is 12.6. The van der Waals surface area contributed by atoms with Gasteiger partial charge in [0.1, 0.15) is 0 Å². The number of rotatable bonds is 5. The molecule has 0 unspecified atom stereocenters. The number of nitrogens with zero attached hydrogens (tertiary/aromatic N) is 4. The maximum absolute atomic E-state index is 10.8. The van der Waals surface area contributed by atoms with Gasteiger partial charge < -0.3 is 9.13 Å². The Labute approximate surface area is 357 Å². The molecule has 0 saturated heterocycles. The molecule has 0 saturated carbocycles. The monoisotopic (exact) mass is 786 g/mol. The number of hydrogen-bond acceptors (Lipinski definition) is 2. The summed E-state index contributed by atoms with van der Waals surface area (Å²) in [6.07, 6.45) is 0. The van der Waals surface area contributed by atoms with E-state index in [9.17, 15) is 10.5 Å². The lowest BCUT2D eigenvalue weighted by Gasteiger charge is -2.21. The topological polar surface area (TPSA) is 57.4 Å². The van der Waals surface area contributed by atoms with Crippen LogP contribution in [0.4, 0.5) is 0 Å². The van der Waals surface area contributed by atoms with E-state index < -0.39 is 0 Å². The fourth-order valence-electron chi connectivity index (χ4n) is 9.75. The molecule has 62 heavy (non-hydrogen) atoms. The van der Waals surface area contributed by atoms with E-state index in [0.29, 0.717) is 11.1 Å². The molecule has 10 aromatic carbocycles. The molecule has 2 aromatic heterocycles. The van der Waals surface area contributed by atoms with Crippen molar-refractivity contribution >= 4 is 65.2 Å². The first-order valence-corrected chi connectivity index (χ1v) is 20.8. The predicted octanol–water partition coefficient (Wildman–Crippen LogP) is 14.9. The molecule has 0 spiro atoms. The fraction of sp³-hybridized carbons (Fsp3) is 0. The van der Waals surface area contributed by atoms with Crippen molar-refractivity contribution in [2.24, 2.45) is 0 Å². The van der Waals surface area contributed by atoms with Crippen LogP contribution in [-0.2, 0) is 0 Å². The zero-order valence-electron chi connectivity index (χ0n) is 33.4. The minimum Gasteiger partial charge on any atom is -0.309 e. The standard InChI is InChI=1S/C58H34N4/c59-35-42-29-37-13-1-3-15-39(37)31-51(42)41-25-27-45(53(33-41)52-32-40-16-4-2-14-38(40)30-43(52)36-60)50-28-26-44(61-54-21-9-5-17-46(54)47-18-6-10-22-55(47)61)34-58(50)62-56-23-11-7-19-48(56)49-20-8-12-24-57(49)62/h1-34H. The molecular formula is C58H34N4. The van der Waals surface area contributed by atoms with E-state index in [1.54, 1.807) is 0 Å². The van der Waals surface area contributed by atoms with Gasteiger partial charge in [0, 0.05) is 43.9 Å². The average molecular weight is 787 g/mol. The number of para-hydroxylation sites is 4. The van der Waals surface area contributed by atoms with Gasteiger partial charge in [-0.1, -0.05) is 140 Å². The summed E-state index contributed by atoms with van der Waals surface area (Å²) in [4.78, 5) is 0. The number of nitriles is 2. The average Bonchev–Trinajstić information content (AvgIpc) is 3.86. The first kappa shape index (κ1) is 35.3. The van der Waals surface area contributed by atoms with E-state index in [1.165, 1.54) is 21.5 Å². The van der Waals surface area contributed by atoms with E-state index in [1.807, 2.05) is 42.5 Å². The zero-order chi connectivity index (χ0) is 41.3. The molecule has 2 heterocycles. The minimum absolute atomic E-state index is 0.585. The first-order valence-electron chi connectivity index (χ1n) is 20.8. The highest BCUT2D eigenvalue weighted by molar-refractivity contribution is 6.11. The van der Waals surface area contributed by atoms with Gasteiger partial charge in [-0.3, -0.25) is 0 Å². The molecule has 4 nitrogen and oxygen atoms in total. The van der Waals surface area contributed by atoms with Crippen LogP contribution in [0.5, 0.6) is 0 Å². The van der Waals surface area contributed by atoms with Crippen LogP contribution in [0, 0.1) is 22.7 Å². The maximum atomic E-state index is 10.8. The van der Waals surface area contributed by atoms with Crippen LogP contribution in [0.2, 0.25) is 0 Å². The van der Waals surface area contributed by atoms with Crippen molar-refractivity contribution in [2.75, 3.05) is 0 Å². The van der Waals surface area contributed by atoms with Crippen LogP contribution in [0.3, 0.4) is 0 Å². The van der Waals surface area contributed by atoms with E-state index in [2.05, 4.69) is 185 Å². The van der Waals surface area contributed by atoms with Gasteiger partial charge in [0.05, 0.1) is 51.0 Å². The molecule has 286 valence electrons. The Bertz CT molecular complexity index is 3800. The zero-order valence-corrected chi connectivity index (χ0v) is 33.4. The highest BCUT2D eigenvalue weighted by Crippen LogP contribution is 2.45. The molecule has 0 atom stereocenters. The van der Waals surface area contributed by atoms with Gasteiger partial charge in [-0.2, -0.15) is 10.5 Å². The highest BCUT2D eigenvalue weighted by atomic mass is 15.0. The van der Waals surface area contributed by atoms with E-state index in [-0.39, 0.29) is 0 Å². The second-order valence-corrected chi connectivity index (χ2v) is 15.9. The Morgan fingerprint density at radius 2 is 0.726 bits per heavy atom. The van der Waals surface area contributed by atoms with Gasteiger partial charge in [0.2, 0.25) is 0 Å². The summed E-state index contributed by atoms with van der Waals surface area (Å²) in [5.41, 5.74) is 13.2. The van der Waals surface area contributed by atoms with Crippen LogP contribution in [0.1, 0.15) is 11.1 Å². The quantitative estimate of drug-likeness (QED) is 0.174. The first-order chi connectivity index (χ1) is 30.7. The number of hydrogen-bond donors (Lipinski definition) is 0. The van der Waals surface area contributed by atoms with Crippen molar-refractivity contribution in [3.05, 3.63) is 217 Å². The SMILES string of the molecule is N#Cc1cc2ccccc2cc1-c1ccc(-c2ccc(-n3c4ccccc4c4ccccc43)cc2-n2c3ccccc3c3ccccc32)c(-c2cc3ccccc3cc2C#N)c1. The molecule has 0 radical (unpaired) electrons. The van der Waals surface area contributed by atoms with Crippen LogP contribution < -0.4 is 0 Å². The molecular weight excluding hydrogens is 753 g/mol. The maximum Gasteiger partial charge on any atom is 0.0998 e. The van der Waals surface area contributed by atoms with Crippen molar-refractivity contribution in [3.8, 4) is 56.9 Å². The second-order valence-electron chi connectivity index (χ2n) is 15.9. The van der Waals surface area contributed by atoms with Gasteiger partial charge in [-0.15, -0.1) is 0 Å². The second kappa shape index (κ2) is 14.0. The molecule has 0 aliphatic heterocycles. The Morgan fingerprint density at radius 1 is 0.306 bits per heavy atom. The minimum atomic E-state index is 0.585. The summed E-state index contributed by atoms with van der Waals surface area (Å²) in [6, 6.07) is 77.4. The largest absolute Gasteiger partial charge is 0.309 e. The Morgan fingerprint density at radius 3 is 1.24 bits per heavy atom. The summed E-state index contributed by atoms with van der Waals surface area (Å²) >= 11 is 0. The van der Waals surface area contributed by atoms with E-state index >= 15 is 0 Å². The van der Waals surface area contributed by atoms with Crippen molar-refractivity contribution in [1.82, 2.24) is 9.13 Å². The lowest BCUT2D eigenvalue weighted by molar-refractivity contribution is 1.14. The molecule has 12 aromatic rings. The van der Waals surface area contributed by atoms with Crippen molar-refractivity contribution in [3.63, 3.8) is 0 Å². The number of aromatic nitrogens is 2. The van der Waals surface area contributed by atoms with Gasteiger partial charge >= 0.3 is 0 Å². The van der Waals surface area contributed by atoms with Gasteiger partial charge in [-0.05, 0) is 105 Å². The Kier molecular flexibility index (Phi) is 7.94. The molecule has 0 aliphatic carbocycles. The highest BCUT2D eigenvalue weighted by Gasteiger charge is 2.22. The van der Waals surface area contributed by atoms with Crippen molar-refractivity contribution in [2.45, 2.75) is 0 Å². The third-order valence-corrected chi connectivity index (χ3v) is 12.6. The summed E-state index contributed by atoms with van der Waals surface area (Å²) in [5.74, 6) is 0. The smallest absolute Gasteiger partial charge is 0.0998 e.